The van der Waals surface area contributed by atoms with Gasteiger partial charge < -0.3 is 9.64 Å². The summed E-state index contributed by atoms with van der Waals surface area (Å²) < 4.78 is 5.44. The quantitative estimate of drug-likeness (QED) is 0.928. The number of carbonyl (C=O) groups is 1. The summed E-state index contributed by atoms with van der Waals surface area (Å²) in [5.74, 6) is 0.609. The maximum Gasteiger partial charge on any atom is 0.245 e. The second-order valence-electron chi connectivity index (χ2n) is 6.29. The first-order chi connectivity index (χ1) is 10.2. The molecule has 1 aromatic carbocycles. The van der Waals surface area contributed by atoms with E-state index in [9.17, 15) is 4.79 Å². The zero-order valence-corrected chi connectivity index (χ0v) is 12.8. The number of rotatable bonds is 3. The molecule has 114 valence electrons. The van der Waals surface area contributed by atoms with Crippen LogP contribution >= 0.6 is 0 Å². The van der Waals surface area contributed by atoms with E-state index in [0.29, 0.717) is 12.0 Å². The van der Waals surface area contributed by atoms with Crippen LogP contribution in [0.1, 0.15) is 38.3 Å². The third-order valence-electron chi connectivity index (χ3n) is 4.49. The molecular weight excluding hydrogens is 264 g/mol. The van der Waals surface area contributed by atoms with Crippen molar-refractivity contribution in [1.29, 1.82) is 0 Å². The van der Waals surface area contributed by atoms with E-state index in [-0.39, 0.29) is 18.1 Å². The van der Waals surface area contributed by atoms with Crippen LogP contribution in [0.3, 0.4) is 0 Å². The zero-order valence-electron chi connectivity index (χ0n) is 12.8. The molecule has 2 aliphatic rings. The van der Waals surface area contributed by atoms with Gasteiger partial charge in [-0.15, -0.1) is 0 Å². The Morgan fingerprint density at radius 3 is 2.48 bits per heavy atom. The molecule has 1 N–H and O–H groups in total. The van der Waals surface area contributed by atoms with Crippen LogP contribution in [-0.2, 0) is 9.53 Å². The number of amides is 1. The molecule has 3 rings (SSSR count). The molecule has 2 fully saturated rings. The minimum Gasteiger partial charge on any atom is -0.381 e. The van der Waals surface area contributed by atoms with Crippen molar-refractivity contribution in [3.05, 3.63) is 35.9 Å². The van der Waals surface area contributed by atoms with Gasteiger partial charge in [0.15, 0.2) is 0 Å². The number of nitrogens with one attached hydrogen (secondary N) is 1. The number of nitrogens with zero attached hydrogens (tertiary/aromatic N) is 1. The SMILES string of the molecule is CC(C)C1NC(c2ccccc2)C(=O)N1C1CCOCC1. The first kappa shape index (κ1) is 14.5. The maximum atomic E-state index is 12.9. The van der Waals surface area contributed by atoms with Crippen LogP contribution in [-0.4, -0.2) is 36.2 Å². The number of carbonyl (C=O) groups excluding carboxylic acids is 1. The fourth-order valence-corrected chi connectivity index (χ4v) is 3.38. The fraction of sp³-hybridized carbons (Fsp3) is 0.588. The second kappa shape index (κ2) is 6.16. The number of ether oxygens (including phenoxy) is 1. The largest absolute Gasteiger partial charge is 0.381 e. The summed E-state index contributed by atoms with van der Waals surface area (Å²) in [6.45, 7) is 5.86. The molecule has 1 aromatic rings. The average Bonchev–Trinajstić information content (AvgIpc) is 2.87. The molecule has 2 unspecified atom stereocenters. The van der Waals surface area contributed by atoms with Crippen molar-refractivity contribution >= 4 is 5.91 Å². The van der Waals surface area contributed by atoms with Crippen molar-refractivity contribution in [3.8, 4) is 0 Å². The highest BCUT2D eigenvalue weighted by atomic mass is 16.5. The Morgan fingerprint density at radius 1 is 1.19 bits per heavy atom. The Labute approximate surface area is 126 Å². The van der Waals surface area contributed by atoms with E-state index in [0.717, 1.165) is 31.6 Å². The highest BCUT2D eigenvalue weighted by Crippen LogP contribution is 2.31. The zero-order chi connectivity index (χ0) is 14.8. The molecule has 21 heavy (non-hydrogen) atoms. The third-order valence-corrected chi connectivity index (χ3v) is 4.49. The van der Waals surface area contributed by atoms with Crippen LogP contribution in [0.5, 0.6) is 0 Å². The van der Waals surface area contributed by atoms with E-state index in [4.69, 9.17) is 4.74 Å². The van der Waals surface area contributed by atoms with Crippen molar-refractivity contribution < 1.29 is 9.53 Å². The van der Waals surface area contributed by atoms with E-state index in [1.807, 2.05) is 30.3 Å². The van der Waals surface area contributed by atoms with Gasteiger partial charge in [0.05, 0.1) is 6.17 Å². The monoisotopic (exact) mass is 288 g/mol. The fourth-order valence-electron chi connectivity index (χ4n) is 3.38. The number of benzene rings is 1. The molecule has 0 aliphatic carbocycles. The van der Waals surface area contributed by atoms with Crippen LogP contribution in [0.15, 0.2) is 30.3 Å². The molecule has 0 bridgehead atoms. The van der Waals surface area contributed by atoms with Gasteiger partial charge in [0.25, 0.3) is 0 Å². The molecule has 1 amide bonds. The molecule has 0 saturated carbocycles. The lowest BCUT2D eigenvalue weighted by atomic mass is 10.0. The lowest BCUT2D eigenvalue weighted by molar-refractivity contribution is -0.135. The van der Waals surface area contributed by atoms with Crippen molar-refractivity contribution in [2.75, 3.05) is 13.2 Å². The average molecular weight is 288 g/mol. The molecular formula is C17H24N2O2. The smallest absolute Gasteiger partial charge is 0.245 e. The molecule has 0 radical (unpaired) electrons. The molecule has 2 aliphatic heterocycles. The Bertz CT molecular complexity index is 483. The highest BCUT2D eigenvalue weighted by molar-refractivity contribution is 5.86. The maximum absolute atomic E-state index is 12.9. The van der Waals surface area contributed by atoms with Gasteiger partial charge in [-0.2, -0.15) is 0 Å². The van der Waals surface area contributed by atoms with Crippen molar-refractivity contribution in [3.63, 3.8) is 0 Å². The predicted octanol–water partition coefficient (Wildman–Crippen LogP) is 2.32. The Kier molecular flexibility index (Phi) is 4.27. The molecule has 2 heterocycles. The van der Waals surface area contributed by atoms with Crippen molar-refractivity contribution in [2.45, 2.75) is 44.9 Å². The van der Waals surface area contributed by atoms with E-state index >= 15 is 0 Å². The van der Waals surface area contributed by atoms with E-state index in [1.54, 1.807) is 0 Å². The molecule has 0 aromatic heterocycles. The van der Waals surface area contributed by atoms with Crippen LogP contribution < -0.4 is 5.32 Å². The van der Waals surface area contributed by atoms with Crippen molar-refractivity contribution in [2.24, 2.45) is 5.92 Å². The van der Waals surface area contributed by atoms with Gasteiger partial charge in [-0.05, 0) is 24.3 Å². The minimum atomic E-state index is -0.207. The summed E-state index contributed by atoms with van der Waals surface area (Å²) in [4.78, 5) is 15.0. The molecule has 4 heteroatoms. The first-order valence-electron chi connectivity index (χ1n) is 7.89. The first-order valence-corrected chi connectivity index (χ1v) is 7.89. The Hall–Kier alpha value is -1.39. The lowest BCUT2D eigenvalue weighted by Crippen LogP contribution is -2.49. The van der Waals surface area contributed by atoms with E-state index in [2.05, 4.69) is 24.1 Å². The standard InChI is InChI=1S/C17H24N2O2/c1-12(2)16-18-15(13-6-4-3-5-7-13)17(20)19(16)14-8-10-21-11-9-14/h3-7,12,14-16,18H,8-11H2,1-2H3. The Balaban J connectivity index is 1.85. The van der Waals surface area contributed by atoms with Gasteiger partial charge >= 0.3 is 0 Å². The van der Waals surface area contributed by atoms with E-state index < -0.39 is 0 Å². The molecule has 2 atom stereocenters. The van der Waals surface area contributed by atoms with Crippen LogP contribution in [0.2, 0.25) is 0 Å². The second-order valence-corrected chi connectivity index (χ2v) is 6.29. The van der Waals surface area contributed by atoms with Crippen LogP contribution in [0.4, 0.5) is 0 Å². The van der Waals surface area contributed by atoms with Gasteiger partial charge in [-0.3, -0.25) is 10.1 Å². The van der Waals surface area contributed by atoms with E-state index in [1.165, 1.54) is 0 Å². The Morgan fingerprint density at radius 2 is 1.86 bits per heavy atom. The summed E-state index contributed by atoms with van der Waals surface area (Å²) in [5, 5.41) is 3.54. The van der Waals surface area contributed by atoms with Gasteiger partial charge in [-0.1, -0.05) is 44.2 Å². The van der Waals surface area contributed by atoms with Crippen molar-refractivity contribution in [1.82, 2.24) is 10.2 Å². The summed E-state index contributed by atoms with van der Waals surface area (Å²) in [6.07, 6.45) is 2.00. The van der Waals surface area contributed by atoms with Crippen LogP contribution in [0.25, 0.3) is 0 Å². The normalized spacial score (nSPS) is 27.6. The molecule has 0 spiro atoms. The highest BCUT2D eigenvalue weighted by Gasteiger charge is 2.44. The number of hydrogen-bond donors (Lipinski definition) is 1. The summed E-state index contributed by atoms with van der Waals surface area (Å²) in [6, 6.07) is 10.1. The predicted molar refractivity (Wildman–Crippen MR) is 81.6 cm³/mol. The lowest BCUT2D eigenvalue weighted by Gasteiger charge is -2.36. The molecule has 4 nitrogen and oxygen atoms in total. The third kappa shape index (κ3) is 2.83. The van der Waals surface area contributed by atoms with Gasteiger partial charge in [0.1, 0.15) is 6.04 Å². The summed E-state index contributed by atoms with van der Waals surface area (Å²) >= 11 is 0. The van der Waals surface area contributed by atoms with Gasteiger partial charge in [0.2, 0.25) is 5.91 Å². The van der Waals surface area contributed by atoms with Crippen LogP contribution in [0, 0.1) is 5.92 Å². The van der Waals surface area contributed by atoms with Gasteiger partial charge in [0, 0.05) is 19.3 Å². The molecule has 2 saturated heterocycles. The minimum absolute atomic E-state index is 0.116. The summed E-state index contributed by atoms with van der Waals surface area (Å²) in [5.41, 5.74) is 1.06. The van der Waals surface area contributed by atoms with Gasteiger partial charge in [-0.25, -0.2) is 0 Å². The number of hydrogen-bond acceptors (Lipinski definition) is 3. The topological polar surface area (TPSA) is 41.6 Å². The summed E-state index contributed by atoms with van der Waals surface area (Å²) in [7, 11) is 0.